The number of nitrogens with one attached hydrogen (secondary N) is 1. The number of nitrogens with zero attached hydrogens (tertiary/aromatic N) is 2. The lowest BCUT2D eigenvalue weighted by atomic mass is 10.1. The van der Waals surface area contributed by atoms with Crippen molar-refractivity contribution in [1.82, 2.24) is 10.2 Å². The first kappa shape index (κ1) is 30.5. The number of halogens is 2. The molecule has 0 heterocycles. The molecule has 39 heavy (non-hydrogen) atoms. The molecule has 0 unspecified atom stereocenters. The summed E-state index contributed by atoms with van der Waals surface area (Å²) in [5.74, 6) is -0.935. The van der Waals surface area contributed by atoms with Crippen molar-refractivity contribution in [2.75, 3.05) is 17.4 Å². The van der Waals surface area contributed by atoms with Gasteiger partial charge in [0.05, 0.1) is 10.6 Å². The molecule has 7 nitrogen and oxygen atoms in total. The first-order valence-corrected chi connectivity index (χ1v) is 15.0. The number of aryl methyl sites for hydroxylation is 1. The van der Waals surface area contributed by atoms with Crippen molar-refractivity contribution >= 4 is 50.7 Å². The summed E-state index contributed by atoms with van der Waals surface area (Å²) in [6, 6.07) is 19.1. The zero-order chi connectivity index (χ0) is 28.6. The van der Waals surface area contributed by atoms with Gasteiger partial charge in [-0.1, -0.05) is 79.5 Å². The number of hydrogen-bond acceptors (Lipinski definition) is 4. The number of sulfonamides is 1. The van der Waals surface area contributed by atoms with Gasteiger partial charge in [0.1, 0.15) is 12.6 Å². The Labute approximate surface area is 240 Å². The van der Waals surface area contributed by atoms with Gasteiger partial charge in [-0.15, -0.1) is 0 Å². The molecule has 10 heteroatoms. The van der Waals surface area contributed by atoms with E-state index in [1.54, 1.807) is 55.5 Å². The zero-order valence-electron chi connectivity index (χ0n) is 22.2. The fraction of sp³-hybridized carbons (Fsp3) is 0.310. The molecule has 0 spiro atoms. The van der Waals surface area contributed by atoms with Gasteiger partial charge >= 0.3 is 0 Å². The minimum atomic E-state index is -4.13. The van der Waals surface area contributed by atoms with Gasteiger partial charge in [-0.05, 0) is 55.7 Å². The van der Waals surface area contributed by atoms with Crippen LogP contribution >= 0.6 is 23.2 Å². The second-order valence-electron chi connectivity index (χ2n) is 9.00. The van der Waals surface area contributed by atoms with Crippen LogP contribution in [0.4, 0.5) is 5.69 Å². The fourth-order valence-corrected chi connectivity index (χ4v) is 6.11. The van der Waals surface area contributed by atoms with E-state index >= 15 is 0 Å². The summed E-state index contributed by atoms with van der Waals surface area (Å²) in [5, 5.41) is 3.49. The molecule has 0 saturated heterocycles. The third kappa shape index (κ3) is 7.32. The summed E-state index contributed by atoms with van der Waals surface area (Å²) >= 11 is 12.8. The topological polar surface area (TPSA) is 86.8 Å². The lowest BCUT2D eigenvalue weighted by Gasteiger charge is -2.33. The maximum Gasteiger partial charge on any atom is 0.264 e. The predicted octanol–water partition coefficient (Wildman–Crippen LogP) is 5.69. The van der Waals surface area contributed by atoms with E-state index in [2.05, 4.69) is 5.32 Å². The van der Waals surface area contributed by atoms with Crippen LogP contribution in [0, 0.1) is 0 Å². The molecule has 3 aromatic rings. The molecule has 0 aliphatic carbocycles. The highest BCUT2D eigenvalue weighted by atomic mass is 35.5. The quantitative estimate of drug-likeness (QED) is 0.294. The Morgan fingerprint density at radius 3 is 2.13 bits per heavy atom. The third-order valence-corrected chi connectivity index (χ3v) is 8.84. The van der Waals surface area contributed by atoms with E-state index in [0.717, 1.165) is 16.3 Å². The lowest BCUT2D eigenvalue weighted by Crippen LogP contribution is -2.51. The number of rotatable bonds is 12. The summed E-state index contributed by atoms with van der Waals surface area (Å²) in [4.78, 5) is 28.4. The number of anilines is 1. The Morgan fingerprint density at radius 2 is 1.51 bits per heavy atom. The Balaban J connectivity index is 2.08. The molecule has 1 N–H and O–H groups in total. The molecule has 0 bridgehead atoms. The SMILES string of the molecule is CCCNC(=O)[C@@H](C)N(Cc1c(Cl)cccc1Cl)C(=O)CN(c1ccccc1CC)S(=O)(=O)c1ccccc1. The average molecular weight is 591 g/mol. The molecule has 0 aromatic heterocycles. The van der Waals surface area contributed by atoms with E-state index < -0.39 is 28.5 Å². The summed E-state index contributed by atoms with van der Waals surface area (Å²) < 4.78 is 28.9. The molecule has 0 aliphatic heterocycles. The van der Waals surface area contributed by atoms with Crippen LogP contribution in [0.3, 0.4) is 0 Å². The molecule has 0 fully saturated rings. The monoisotopic (exact) mass is 589 g/mol. The van der Waals surface area contributed by atoms with Crippen molar-refractivity contribution in [3.05, 3.63) is 94.0 Å². The second-order valence-corrected chi connectivity index (χ2v) is 11.7. The highest BCUT2D eigenvalue weighted by Gasteiger charge is 2.33. The Hall–Kier alpha value is -3.07. The molecular weight excluding hydrogens is 557 g/mol. The van der Waals surface area contributed by atoms with Crippen LogP contribution in [-0.2, 0) is 32.6 Å². The molecule has 3 rings (SSSR count). The Morgan fingerprint density at radius 1 is 0.897 bits per heavy atom. The zero-order valence-corrected chi connectivity index (χ0v) is 24.6. The molecule has 208 valence electrons. The number of carbonyl (C=O) groups excluding carboxylic acids is 2. The minimum absolute atomic E-state index is 0.0538. The van der Waals surface area contributed by atoms with E-state index in [4.69, 9.17) is 23.2 Å². The fourth-order valence-electron chi connectivity index (χ4n) is 4.12. The maximum atomic E-state index is 14.0. The number of carbonyl (C=O) groups is 2. The van der Waals surface area contributed by atoms with Gasteiger partial charge in [-0.3, -0.25) is 13.9 Å². The predicted molar refractivity (Wildman–Crippen MR) is 157 cm³/mol. The number of amides is 2. The van der Waals surface area contributed by atoms with Gasteiger partial charge in [-0.25, -0.2) is 8.42 Å². The number of hydrogen-bond donors (Lipinski definition) is 1. The van der Waals surface area contributed by atoms with E-state index in [1.807, 2.05) is 26.0 Å². The highest BCUT2D eigenvalue weighted by Crippen LogP contribution is 2.30. The van der Waals surface area contributed by atoms with Crippen LogP contribution < -0.4 is 9.62 Å². The Kier molecular flexibility index (Phi) is 10.8. The number of benzene rings is 3. The second kappa shape index (κ2) is 13.8. The van der Waals surface area contributed by atoms with Gasteiger partial charge in [0, 0.05) is 28.7 Å². The summed E-state index contributed by atoms with van der Waals surface area (Å²) in [6.45, 7) is 5.28. The first-order valence-electron chi connectivity index (χ1n) is 12.8. The van der Waals surface area contributed by atoms with E-state index in [1.165, 1.54) is 17.0 Å². The van der Waals surface area contributed by atoms with Crippen LogP contribution in [0.15, 0.2) is 77.7 Å². The van der Waals surface area contributed by atoms with Gasteiger partial charge in [0.2, 0.25) is 11.8 Å². The molecule has 0 aliphatic rings. The summed E-state index contributed by atoms with van der Waals surface area (Å²) in [7, 11) is -4.13. The molecule has 0 radical (unpaired) electrons. The van der Waals surface area contributed by atoms with E-state index in [-0.39, 0.29) is 17.3 Å². The van der Waals surface area contributed by atoms with Crippen molar-refractivity contribution in [3.63, 3.8) is 0 Å². The van der Waals surface area contributed by atoms with Crippen LogP contribution in [0.25, 0.3) is 0 Å². The van der Waals surface area contributed by atoms with Crippen LogP contribution in [0.5, 0.6) is 0 Å². The molecule has 2 amide bonds. The number of para-hydroxylation sites is 1. The normalized spacial score (nSPS) is 12.0. The molecular formula is C29H33Cl2N3O4S. The highest BCUT2D eigenvalue weighted by molar-refractivity contribution is 7.92. The first-order chi connectivity index (χ1) is 18.6. The van der Waals surface area contributed by atoms with Gasteiger partial charge in [0.25, 0.3) is 10.0 Å². The van der Waals surface area contributed by atoms with Crippen LogP contribution in [-0.4, -0.2) is 44.3 Å². The van der Waals surface area contributed by atoms with Crippen LogP contribution in [0.2, 0.25) is 10.0 Å². The molecule has 0 saturated carbocycles. The largest absolute Gasteiger partial charge is 0.354 e. The van der Waals surface area contributed by atoms with Crippen molar-refractivity contribution in [2.45, 2.75) is 51.1 Å². The third-order valence-electron chi connectivity index (χ3n) is 6.36. The van der Waals surface area contributed by atoms with Crippen molar-refractivity contribution < 1.29 is 18.0 Å². The summed E-state index contributed by atoms with van der Waals surface area (Å²) in [5.41, 5.74) is 1.63. The van der Waals surface area contributed by atoms with Crippen molar-refractivity contribution in [2.24, 2.45) is 0 Å². The summed E-state index contributed by atoms with van der Waals surface area (Å²) in [6.07, 6.45) is 1.28. The van der Waals surface area contributed by atoms with Crippen molar-refractivity contribution in [1.29, 1.82) is 0 Å². The molecule has 1 atom stereocenters. The lowest BCUT2D eigenvalue weighted by molar-refractivity contribution is -0.139. The average Bonchev–Trinajstić information content (AvgIpc) is 2.94. The van der Waals surface area contributed by atoms with Gasteiger partial charge < -0.3 is 10.2 Å². The Bertz CT molecular complexity index is 1380. The minimum Gasteiger partial charge on any atom is -0.354 e. The standard InChI is InChI=1S/C29H33Cl2N3O4S/c1-4-18-32-29(36)21(3)33(19-24-25(30)15-11-16-26(24)31)28(35)20-34(27-17-10-9-12-22(27)5-2)39(37,38)23-13-7-6-8-14-23/h6-17,21H,4-5,18-20H2,1-3H3,(H,32,36)/t21-/m1/s1. The van der Waals surface area contributed by atoms with Crippen molar-refractivity contribution in [3.8, 4) is 0 Å². The van der Waals surface area contributed by atoms with Crippen LogP contribution in [0.1, 0.15) is 38.3 Å². The van der Waals surface area contributed by atoms with Gasteiger partial charge in [0.15, 0.2) is 0 Å². The van der Waals surface area contributed by atoms with E-state index in [0.29, 0.717) is 34.3 Å². The molecule has 3 aromatic carbocycles. The van der Waals surface area contributed by atoms with E-state index in [9.17, 15) is 18.0 Å². The maximum absolute atomic E-state index is 14.0. The van der Waals surface area contributed by atoms with Gasteiger partial charge in [-0.2, -0.15) is 0 Å². The smallest absolute Gasteiger partial charge is 0.264 e.